The first-order valence-corrected chi connectivity index (χ1v) is 9.45. The number of nitrogens with one attached hydrogen (secondary N) is 1. The van der Waals surface area contributed by atoms with Crippen molar-refractivity contribution < 1.29 is 18.3 Å². The number of sulfonamides is 1. The largest absolute Gasteiger partial charge is 0.480 e. The fraction of sp³-hybridized carbons (Fsp3) is 0.500. The van der Waals surface area contributed by atoms with Crippen LogP contribution in [0.3, 0.4) is 0 Å². The van der Waals surface area contributed by atoms with Crippen LogP contribution in [0.25, 0.3) is 0 Å². The maximum absolute atomic E-state index is 12.5. The van der Waals surface area contributed by atoms with Gasteiger partial charge in [-0.3, -0.25) is 4.79 Å². The number of carboxylic acid groups (broad SMARTS) is 1. The lowest BCUT2D eigenvalue weighted by Gasteiger charge is -2.28. The highest BCUT2D eigenvalue weighted by Gasteiger charge is 2.42. The van der Waals surface area contributed by atoms with E-state index in [-0.39, 0.29) is 4.90 Å². The maximum Gasteiger partial charge on any atom is 0.324 e. The van der Waals surface area contributed by atoms with Crippen LogP contribution in [0.5, 0.6) is 0 Å². The maximum atomic E-state index is 12.5. The van der Waals surface area contributed by atoms with Crippen LogP contribution in [0.1, 0.15) is 38.5 Å². The number of aliphatic carboxylic acids is 1. The lowest BCUT2D eigenvalue weighted by Crippen LogP contribution is -2.54. The molecule has 2 N–H and O–H groups in total. The van der Waals surface area contributed by atoms with Gasteiger partial charge < -0.3 is 5.11 Å². The molecule has 0 spiro atoms. The molecule has 1 saturated carbocycles. The lowest BCUT2D eigenvalue weighted by atomic mass is 9.92. The van der Waals surface area contributed by atoms with Crippen LogP contribution in [-0.4, -0.2) is 25.0 Å². The van der Waals surface area contributed by atoms with E-state index in [1.165, 1.54) is 12.1 Å². The fourth-order valence-electron chi connectivity index (χ4n) is 2.62. The minimum Gasteiger partial charge on any atom is -0.480 e. The summed E-state index contributed by atoms with van der Waals surface area (Å²) in [5.41, 5.74) is -1.38. The first kappa shape index (κ1) is 16.7. The van der Waals surface area contributed by atoms with Gasteiger partial charge in [-0.15, -0.1) is 0 Å². The first-order chi connectivity index (χ1) is 9.86. The quantitative estimate of drug-likeness (QED) is 0.577. The van der Waals surface area contributed by atoms with Crippen LogP contribution in [0, 0.1) is 3.57 Å². The van der Waals surface area contributed by atoms with Gasteiger partial charge in [0.15, 0.2) is 0 Å². The third-order valence-electron chi connectivity index (χ3n) is 3.82. The summed E-state index contributed by atoms with van der Waals surface area (Å²) in [6, 6.07) is 6.37. The summed E-state index contributed by atoms with van der Waals surface area (Å²) in [7, 11) is -3.83. The van der Waals surface area contributed by atoms with E-state index in [9.17, 15) is 18.3 Å². The predicted molar refractivity (Wildman–Crippen MR) is 87.5 cm³/mol. The standard InChI is InChI=1S/C14H18INO4S/c15-11-5-7-12(8-6-11)21(19,20)16-14(13(17)18)9-3-1-2-4-10-14/h5-8,16H,1-4,9-10H2,(H,17,18). The number of carboxylic acids is 1. The molecule has 0 saturated heterocycles. The molecule has 116 valence electrons. The zero-order valence-corrected chi connectivity index (χ0v) is 14.5. The van der Waals surface area contributed by atoms with Gasteiger partial charge in [0.05, 0.1) is 4.90 Å². The van der Waals surface area contributed by atoms with Crippen LogP contribution in [-0.2, 0) is 14.8 Å². The van der Waals surface area contributed by atoms with Crippen molar-refractivity contribution in [3.8, 4) is 0 Å². The molecular formula is C14H18INO4S. The summed E-state index contributed by atoms with van der Waals surface area (Å²) >= 11 is 2.09. The third kappa shape index (κ3) is 3.95. The SMILES string of the molecule is O=C(O)C1(NS(=O)(=O)c2ccc(I)cc2)CCCCCC1. The molecule has 1 aromatic carbocycles. The molecule has 0 unspecified atom stereocenters. The summed E-state index contributed by atoms with van der Waals surface area (Å²) in [4.78, 5) is 11.8. The van der Waals surface area contributed by atoms with Gasteiger partial charge in [-0.25, -0.2) is 8.42 Å². The van der Waals surface area contributed by atoms with Gasteiger partial charge in [-0.05, 0) is 59.7 Å². The monoisotopic (exact) mass is 423 g/mol. The van der Waals surface area contributed by atoms with E-state index in [1.54, 1.807) is 12.1 Å². The van der Waals surface area contributed by atoms with E-state index < -0.39 is 21.5 Å². The van der Waals surface area contributed by atoms with Gasteiger partial charge in [0, 0.05) is 3.57 Å². The van der Waals surface area contributed by atoms with Crippen LogP contribution in [0.15, 0.2) is 29.2 Å². The van der Waals surface area contributed by atoms with Crippen molar-refractivity contribution >= 4 is 38.6 Å². The van der Waals surface area contributed by atoms with Gasteiger partial charge in [0.25, 0.3) is 0 Å². The molecule has 0 amide bonds. The Morgan fingerprint density at radius 2 is 1.62 bits per heavy atom. The van der Waals surface area contributed by atoms with Crippen molar-refractivity contribution in [2.45, 2.75) is 49.0 Å². The Bertz CT molecular complexity index is 604. The Morgan fingerprint density at radius 3 is 2.10 bits per heavy atom. The molecule has 5 nitrogen and oxygen atoms in total. The average Bonchev–Trinajstić information content (AvgIpc) is 2.65. The molecule has 7 heteroatoms. The van der Waals surface area contributed by atoms with Crippen molar-refractivity contribution in [3.05, 3.63) is 27.8 Å². The summed E-state index contributed by atoms with van der Waals surface area (Å²) < 4.78 is 28.3. The molecule has 0 radical (unpaired) electrons. The molecule has 0 aromatic heterocycles. The van der Waals surface area contributed by atoms with E-state index >= 15 is 0 Å². The number of rotatable bonds is 4. The topological polar surface area (TPSA) is 83.5 Å². The minimum absolute atomic E-state index is 0.104. The van der Waals surface area contributed by atoms with E-state index in [1.807, 2.05) is 0 Å². The molecule has 1 aliphatic carbocycles. The molecular weight excluding hydrogens is 405 g/mol. The van der Waals surface area contributed by atoms with Gasteiger partial charge in [-0.1, -0.05) is 25.7 Å². The number of hydrogen-bond donors (Lipinski definition) is 2. The van der Waals surface area contributed by atoms with Gasteiger partial charge >= 0.3 is 5.97 Å². The van der Waals surface area contributed by atoms with E-state index in [0.717, 1.165) is 29.3 Å². The molecule has 21 heavy (non-hydrogen) atoms. The second-order valence-electron chi connectivity index (χ2n) is 5.36. The molecule has 0 bridgehead atoms. The van der Waals surface area contributed by atoms with Crippen LogP contribution >= 0.6 is 22.6 Å². The lowest BCUT2D eigenvalue weighted by molar-refractivity contribution is -0.144. The Labute approximate surface area is 138 Å². The van der Waals surface area contributed by atoms with Crippen molar-refractivity contribution in [1.29, 1.82) is 0 Å². The van der Waals surface area contributed by atoms with E-state index in [0.29, 0.717) is 12.8 Å². The van der Waals surface area contributed by atoms with Crippen molar-refractivity contribution in [1.82, 2.24) is 4.72 Å². The van der Waals surface area contributed by atoms with Crippen LogP contribution < -0.4 is 4.72 Å². The molecule has 0 heterocycles. The number of halogens is 1. The molecule has 1 fully saturated rings. The van der Waals surface area contributed by atoms with Crippen molar-refractivity contribution in [2.24, 2.45) is 0 Å². The predicted octanol–water partition coefficient (Wildman–Crippen LogP) is 2.75. The van der Waals surface area contributed by atoms with E-state index in [4.69, 9.17) is 0 Å². The summed E-state index contributed by atoms with van der Waals surface area (Å²) in [6.45, 7) is 0. The normalized spacial score (nSPS) is 18.9. The first-order valence-electron chi connectivity index (χ1n) is 6.89. The molecule has 1 aliphatic rings. The Kier molecular flexibility index (Phi) is 5.26. The molecule has 1 aromatic rings. The van der Waals surface area contributed by atoms with Crippen molar-refractivity contribution in [2.75, 3.05) is 0 Å². The smallest absolute Gasteiger partial charge is 0.324 e. The molecule has 0 aliphatic heterocycles. The molecule has 0 atom stereocenters. The highest BCUT2D eigenvalue weighted by Crippen LogP contribution is 2.29. The third-order valence-corrected chi connectivity index (χ3v) is 6.09. The van der Waals surface area contributed by atoms with Gasteiger partial charge in [0.2, 0.25) is 10.0 Å². The minimum atomic E-state index is -3.83. The highest BCUT2D eigenvalue weighted by molar-refractivity contribution is 14.1. The van der Waals surface area contributed by atoms with Gasteiger partial charge in [-0.2, -0.15) is 4.72 Å². The summed E-state index contributed by atoms with van der Waals surface area (Å²) in [5.74, 6) is -1.08. The van der Waals surface area contributed by atoms with Crippen LogP contribution in [0.4, 0.5) is 0 Å². The fourth-order valence-corrected chi connectivity index (χ4v) is 4.40. The van der Waals surface area contributed by atoms with Gasteiger partial charge in [0.1, 0.15) is 5.54 Å². The Balaban J connectivity index is 2.31. The Morgan fingerprint density at radius 1 is 1.10 bits per heavy atom. The second kappa shape index (κ2) is 6.62. The zero-order valence-electron chi connectivity index (χ0n) is 11.5. The summed E-state index contributed by atoms with van der Waals surface area (Å²) in [6.07, 6.45) is 4.02. The highest BCUT2D eigenvalue weighted by atomic mass is 127. The summed E-state index contributed by atoms with van der Waals surface area (Å²) in [5, 5.41) is 9.54. The zero-order chi connectivity index (χ0) is 15.5. The number of hydrogen-bond acceptors (Lipinski definition) is 3. The molecule has 2 rings (SSSR count). The number of carbonyl (C=O) groups is 1. The van der Waals surface area contributed by atoms with E-state index in [2.05, 4.69) is 27.3 Å². The number of benzene rings is 1. The van der Waals surface area contributed by atoms with Crippen LogP contribution in [0.2, 0.25) is 0 Å². The van der Waals surface area contributed by atoms with Crippen molar-refractivity contribution in [3.63, 3.8) is 0 Å². The second-order valence-corrected chi connectivity index (χ2v) is 8.29. The Hall–Kier alpha value is -0.670. The average molecular weight is 423 g/mol.